The van der Waals surface area contributed by atoms with Crippen LogP contribution in [0.4, 0.5) is 5.69 Å². The lowest BCUT2D eigenvalue weighted by atomic mass is 10.2. The predicted octanol–water partition coefficient (Wildman–Crippen LogP) is 3.25. The summed E-state index contributed by atoms with van der Waals surface area (Å²) in [4.78, 5) is 12.7. The average Bonchev–Trinajstić information content (AvgIpc) is 3.26. The van der Waals surface area contributed by atoms with E-state index in [9.17, 15) is 13.2 Å². The molecule has 2 atom stereocenters. The molecule has 0 saturated carbocycles. The number of benzene rings is 2. The molecule has 0 radical (unpaired) electrons. The van der Waals surface area contributed by atoms with Crippen LogP contribution in [0.5, 0.6) is 5.75 Å². The number of nitrogens with one attached hydrogen (secondary N) is 2. The number of hydrogen-bond donors (Lipinski definition) is 2. The number of hydrogen-bond acceptors (Lipinski definition) is 5. The molecule has 30 heavy (non-hydrogen) atoms. The lowest BCUT2D eigenvalue weighted by Crippen LogP contribution is -2.32. The van der Waals surface area contributed by atoms with Crippen molar-refractivity contribution in [2.75, 3.05) is 18.5 Å². The van der Waals surface area contributed by atoms with Crippen molar-refractivity contribution in [3.05, 3.63) is 54.1 Å². The Hall–Kier alpha value is -2.42. The van der Waals surface area contributed by atoms with Crippen LogP contribution in [0.15, 0.2) is 53.4 Å². The normalized spacial score (nSPS) is 17.5. The second-order valence-corrected chi connectivity index (χ2v) is 9.10. The Kier molecular flexibility index (Phi) is 7.47. The van der Waals surface area contributed by atoms with Crippen molar-refractivity contribution in [3.63, 3.8) is 0 Å². The Bertz CT molecular complexity index is 936. The van der Waals surface area contributed by atoms with Crippen LogP contribution < -0.4 is 14.8 Å². The SMILES string of the molecule is CCC(Oc1ccc(C)cc1)C(=O)Nc1ccc(S(=O)(=O)NCC2CCCO2)cc1. The first-order valence-corrected chi connectivity index (χ1v) is 11.6. The Morgan fingerprint density at radius 1 is 1.17 bits per heavy atom. The van der Waals surface area contributed by atoms with Crippen LogP contribution in [-0.4, -0.2) is 39.7 Å². The van der Waals surface area contributed by atoms with E-state index in [1.807, 2.05) is 38.1 Å². The quantitative estimate of drug-likeness (QED) is 0.634. The molecule has 0 aromatic heterocycles. The molecule has 1 fully saturated rings. The van der Waals surface area contributed by atoms with Crippen molar-refractivity contribution in [3.8, 4) is 5.75 Å². The van der Waals surface area contributed by atoms with Crippen LogP contribution in [0.1, 0.15) is 31.7 Å². The first kappa shape index (κ1) is 22.3. The molecule has 2 N–H and O–H groups in total. The minimum Gasteiger partial charge on any atom is -0.481 e. The van der Waals surface area contributed by atoms with Gasteiger partial charge < -0.3 is 14.8 Å². The number of carbonyl (C=O) groups excluding carboxylic acids is 1. The number of ether oxygens (including phenoxy) is 2. The molecular weight excluding hydrogens is 404 g/mol. The highest BCUT2D eigenvalue weighted by Crippen LogP contribution is 2.18. The molecule has 1 heterocycles. The maximum atomic E-state index is 12.6. The fourth-order valence-corrected chi connectivity index (χ4v) is 4.20. The second-order valence-electron chi connectivity index (χ2n) is 7.33. The van der Waals surface area contributed by atoms with Gasteiger partial charge in [-0.05, 0) is 62.6 Å². The molecule has 2 aromatic rings. The van der Waals surface area contributed by atoms with Gasteiger partial charge in [0.25, 0.3) is 5.91 Å². The van der Waals surface area contributed by atoms with E-state index >= 15 is 0 Å². The Balaban J connectivity index is 1.58. The minimum absolute atomic E-state index is 0.0714. The molecule has 2 unspecified atom stereocenters. The van der Waals surface area contributed by atoms with E-state index in [4.69, 9.17) is 9.47 Å². The van der Waals surface area contributed by atoms with E-state index in [1.165, 1.54) is 12.1 Å². The number of anilines is 1. The van der Waals surface area contributed by atoms with E-state index in [0.717, 1.165) is 18.4 Å². The van der Waals surface area contributed by atoms with Crippen molar-refractivity contribution >= 4 is 21.6 Å². The van der Waals surface area contributed by atoms with E-state index in [0.29, 0.717) is 24.5 Å². The van der Waals surface area contributed by atoms with Gasteiger partial charge in [0.2, 0.25) is 10.0 Å². The van der Waals surface area contributed by atoms with Crippen molar-refractivity contribution in [2.24, 2.45) is 0 Å². The van der Waals surface area contributed by atoms with Crippen molar-refractivity contribution < 1.29 is 22.7 Å². The molecule has 162 valence electrons. The summed E-state index contributed by atoms with van der Waals surface area (Å²) < 4.78 is 38.7. The fourth-order valence-electron chi connectivity index (χ4n) is 3.13. The van der Waals surface area contributed by atoms with E-state index < -0.39 is 16.1 Å². The summed E-state index contributed by atoms with van der Waals surface area (Å²) in [6, 6.07) is 13.6. The van der Waals surface area contributed by atoms with Crippen LogP contribution in [0.25, 0.3) is 0 Å². The smallest absolute Gasteiger partial charge is 0.265 e. The summed E-state index contributed by atoms with van der Waals surface area (Å²) >= 11 is 0. The van der Waals surface area contributed by atoms with Gasteiger partial charge in [-0.15, -0.1) is 0 Å². The number of amides is 1. The molecule has 0 aliphatic carbocycles. The van der Waals surface area contributed by atoms with Gasteiger partial charge in [-0.25, -0.2) is 13.1 Å². The first-order valence-electron chi connectivity index (χ1n) is 10.1. The number of sulfonamides is 1. The van der Waals surface area contributed by atoms with E-state index in [2.05, 4.69) is 10.0 Å². The summed E-state index contributed by atoms with van der Waals surface area (Å²) in [6.45, 7) is 4.78. The monoisotopic (exact) mass is 432 g/mol. The number of aryl methyl sites for hydroxylation is 1. The van der Waals surface area contributed by atoms with Gasteiger partial charge in [-0.2, -0.15) is 0 Å². The van der Waals surface area contributed by atoms with E-state index in [-0.39, 0.29) is 23.5 Å². The zero-order valence-electron chi connectivity index (χ0n) is 17.3. The minimum atomic E-state index is -3.63. The molecule has 0 bridgehead atoms. The number of rotatable bonds is 9. The van der Waals surface area contributed by atoms with Crippen molar-refractivity contribution in [2.45, 2.75) is 50.2 Å². The zero-order valence-corrected chi connectivity index (χ0v) is 18.1. The van der Waals surface area contributed by atoms with Crippen LogP contribution in [-0.2, 0) is 19.6 Å². The molecule has 3 rings (SSSR count). The summed E-state index contributed by atoms with van der Waals surface area (Å²) in [7, 11) is -3.63. The molecule has 8 heteroatoms. The average molecular weight is 433 g/mol. The van der Waals surface area contributed by atoms with Gasteiger partial charge in [0.1, 0.15) is 5.75 Å². The lowest BCUT2D eigenvalue weighted by molar-refractivity contribution is -0.122. The first-order chi connectivity index (χ1) is 14.4. The van der Waals surface area contributed by atoms with E-state index in [1.54, 1.807) is 12.1 Å². The fraction of sp³-hybridized carbons (Fsp3) is 0.409. The summed E-state index contributed by atoms with van der Waals surface area (Å²) in [5.41, 5.74) is 1.61. The van der Waals surface area contributed by atoms with Gasteiger partial charge in [0, 0.05) is 18.8 Å². The highest BCUT2D eigenvalue weighted by molar-refractivity contribution is 7.89. The topological polar surface area (TPSA) is 93.7 Å². The van der Waals surface area contributed by atoms with Gasteiger partial charge in [-0.3, -0.25) is 4.79 Å². The van der Waals surface area contributed by atoms with Crippen molar-refractivity contribution in [1.29, 1.82) is 0 Å². The molecule has 1 aliphatic heterocycles. The highest BCUT2D eigenvalue weighted by Gasteiger charge is 2.21. The molecule has 0 spiro atoms. The summed E-state index contributed by atoms with van der Waals surface area (Å²) in [6.07, 6.45) is 1.59. The van der Waals surface area contributed by atoms with Gasteiger partial charge in [0.15, 0.2) is 6.10 Å². The van der Waals surface area contributed by atoms with Gasteiger partial charge >= 0.3 is 0 Å². The molecule has 1 aliphatic rings. The third-order valence-electron chi connectivity index (χ3n) is 4.92. The number of carbonyl (C=O) groups is 1. The molecule has 7 nitrogen and oxygen atoms in total. The third-order valence-corrected chi connectivity index (χ3v) is 6.36. The van der Waals surface area contributed by atoms with Crippen LogP contribution in [0, 0.1) is 6.92 Å². The Morgan fingerprint density at radius 3 is 2.47 bits per heavy atom. The second kappa shape index (κ2) is 10.1. The zero-order chi connectivity index (χ0) is 21.6. The van der Waals surface area contributed by atoms with Crippen LogP contribution >= 0.6 is 0 Å². The maximum absolute atomic E-state index is 12.6. The summed E-state index contributed by atoms with van der Waals surface area (Å²) in [5.74, 6) is 0.339. The molecule has 1 amide bonds. The molecule has 2 aromatic carbocycles. The predicted molar refractivity (Wildman–Crippen MR) is 115 cm³/mol. The largest absolute Gasteiger partial charge is 0.481 e. The third kappa shape index (κ3) is 6.04. The Morgan fingerprint density at radius 2 is 1.87 bits per heavy atom. The highest BCUT2D eigenvalue weighted by atomic mass is 32.2. The maximum Gasteiger partial charge on any atom is 0.265 e. The Labute approximate surface area is 177 Å². The van der Waals surface area contributed by atoms with Gasteiger partial charge in [0.05, 0.1) is 11.0 Å². The standard InChI is InChI=1S/C22H28N2O5S/c1-3-21(29-18-10-6-16(2)7-11-18)22(25)24-17-8-12-20(13-9-17)30(26,27)23-15-19-5-4-14-28-19/h6-13,19,21,23H,3-5,14-15H2,1-2H3,(H,24,25). The molecular formula is C22H28N2O5S. The van der Waals surface area contributed by atoms with Crippen molar-refractivity contribution in [1.82, 2.24) is 4.72 Å². The van der Waals surface area contributed by atoms with Crippen LogP contribution in [0.3, 0.4) is 0 Å². The summed E-state index contributed by atoms with van der Waals surface area (Å²) in [5, 5.41) is 2.78. The van der Waals surface area contributed by atoms with Gasteiger partial charge in [-0.1, -0.05) is 24.6 Å². The molecule has 1 saturated heterocycles. The lowest BCUT2D eigenvalue weighted by Gasteiger charge is -2.17. The van der Waals surface area contributed by atoms with Crippen LogP contribution in [0.2, 0.25) is 0 Å².